The average Bonchev–Trinajstić information content (AvgIpc) is 2.21. The lowest BCUT2D eigenvalue weighted by Crippen LogP contribution is -2.31. The molecule has 1 atom stereocenters. The number of hydrogen-bond acceptors (Lipinski definition) is 3. The first-order valence-corrected chi connectivity index (χ1v) is 4.56. The van der Waals surface area contributed by atoms with Gasteiger partial charge in [0.05, 0.1) is 5.56 Å². The summed E-state index contributed by atoms with van der Waals surface area (Å²) in [4.78, 5) is 11.6. The van der Waals surface area contributed by atoms with Crippen LogP contribution in [0.5, 0.6) is 5.75 Å². The second kappa shape index (κ2) is 4.50. The number of nitrogens with one attached hydrogen (secondary N) is 1. The summed E-state index contributed by atoms with van der Waals surface area (Å²) in [6.07, 6.45) is 1.61. The van der Waals surface area contributed by atoms with E-state index in [4.69, 9.17) is 5.73 Å². The number of hydrogen-bond donors (Lipinski definition) is 3. The molecule has 0 saturated carbocycles. The number of nitrogen functional groups attached to an aromatic ring is 1. The topological polar surface area (TPSA) is 75.3 Å². The highest BCUT2D eigenvalue weighted by Crippen LogP contribution is 2.18. The Morgan fingerprint density at radius 1 is 1.67 bits per heavy atom. The van der Waals surface area contributed by atoms with E-state index < -0.39 is 0 Å². The molecule has 4 heteroatoms. The molecule has 1 unspecified atom stereocenters. The zero-order valence-corrected chi connectivity index (χ0v) is 8.53. The molecule has 0 fully saturated rings. The van der Waals surface area contributed by atoms with Gasteiger partial charge in [-0.25, -0.2) is 0 Å². The monoisotopic (exact) mass is 206 g/mol. The van der Waals surface area contributed by atoms with Crippen LogP contribution in [0.2, 0.25) is 0 Å². The molecule has 0 bridgehead atoms. The summed E-state index contributed by atoms with van der Waals surface area (Å²) < 4.78 is 0. The molecule has 4 nitrogen and oxygen atoms in total. The predicted octanol–water partition coefficient (Wildman–Crippen LogP) is 1.28. The minimum atomic E-state index is -0.323. The fourth-order valence-corrected chi connectivity index (χ4v) is 1.08. The average molecular weight is 206 g/mol. The number of phenols is 1. The first-order chi connectivity index (χ1) is 7.04. The number of nitrogens with two attached hydrogens (primary N) is 1. The van der Waals surface area contributed by atoms with Crippen molar-refractivity contribution < 1.29 is 9.90 Å². The lowest BCUT2D eigenvalue weighted by atomic mass is 10.1. The lowest BCUT2D eigenvalue weighted by molar-refractivity contribution is 0.0947. The number of carbonyl (C=O) groups excluding carboxylic acids is 1. The van der Waals surface area contributed by atoms with Crippen LogP contribution in [0, 0.1) is 0 Å². The van der Waals surface area contributed by atoms with Gasteiger partial charge in [-0.05, 0) is 25.1 Å². The van der Waals surface area contributed by atoms with Crippen molar-refractivity contribution in [2.75, 3.05) is 5.73 Å². The highest BCUT2D eigenvalue weighted by molar-refractivity contribution is 5.99. The summed E-state index contributed by atoms with van der Waals surface area (Å²) in [7, 11) is 0. The second-order valence-electron chi connectivity index (χ2n) is 3.27. The molecular formula is C11H14N2O2. The Balaban J connectivity index is 2.90. The van der Waals surface area contributed by atoms with Gasteiger partial charge in [-0.15, -0.1) is 6.58 Å². The summed E-state index contributed by atoms with van der Waals surface area (Å²) in [5.41, 5.74) is 6.21. The van der Waals surface area contributed by atoms with Crippen molar-refractivity contribution in [3.63, 3.8) is 0 Å². The van der Waals surface area contributed by atoms with E-state index in [-0.39, 0.29) is 23.3 Å². The van der Waals surface area contributed by atoms with Crippen molar-refractivity contribution in [1.82, 2.24) is 5.32 Å². The number of anilines is 1. The molecule has 0 heterocycles. The molecule has 80 valence electrons. The number of amides is 1. The summed E-state index contributed by atoms with van der Waals surface area (Å²) in [5.74, 6) is -0.309. The number of benzene rings is 1. The Labute approximate surface area is 88.4 Å². The van der Waals surface area contributed by atoms with E-state index in [0.717, 1.165) is 0 Å². The largest absolute Gasteiger partial charge is 0.508 e. The van der Waals surface area contributed by atoms with E-state index in [2.05, 4.69) is 11.9 Å². The Kier molecular flexibility index (Phi) is 3.33. The van der Waals surface area contributed by atoms with Crippen LogP contribution >= 0.6 is 0 Å². The molecule has 0 spiro atoms. The fraction of sp³-hybridized carbons (Fsp3) is 0.182. The van der Waals surface area contributed by atoms with Crippen molar-refractivity contribution >= 4 is 11.6 Å². The molecule has 0 saturated heterocycles. The van der Waals surface area contributed by atoms with Gasteiger partial charge in [-0.2, -0.15) is 0 Å². The van der Waals surface area contributed by atoms with Crippen LogP contribution in [0.4, 0.5) is 5.69 Å². The molecule has 0 aliphatic rings. The quantitative estimate of drug-likeness (QED) is 0.396. The van der Waals surface area contributed by atoms with E-state index in [1.807, 2.05) is 0 Å². The summed E-state index contributed by atoms with van der Waals surface area (Å²) >= 11 is 0. The van der Waals surface area contributed by atoms with Gasteiger partial charge < -0.3 is 16.2 Å². The van der Waals surface area contributed by atoms with Gasteiger partial charge in [0.25, 0.3) is 5.91 Å². The van der Waals surface area contributed by atoms with Crippen LogP contribution < -0.4 is 11.1 Å². The number of phenolic OH excluding ortho intramolecular Hbond substituents is 1. The van der Waals surface area contributed by atoms with Crippen LogP contribution in [0.3, 0.4) is 0 Å². The first-order valence-electron chi connectivity index (χ1n) is 4.56. The summed E-state index contributed by atoms with van der Waals surface area (Å²) in [6.45, 7) is 5.35. The highest BCUT2D eigenvalue weighted by Gasteiger charge is 2.11. The smallest absolute Gasteiger partial charge is 0.253 e. The third-order valence-corrected chi connectivity index (χ3v) is 1.99. The van der Waals surface area contributed by atoms with Crippen molar-refractivity contribution in [2.24, 2.45) is 0 Å². The van der Waals surface area contributed by atoms with Crippen molar-refractivity contribution in [1.29, 1.82) is 0 Å². The molecule has 0 radical (unpaired) electrons. The Morgan fingerprint density at radius 2 is 2.33 bits per heavy atom. The van der Waals surface area contributed by atoms with Crippen molar-refractivity contribution in [2.45, 2.75) is 13.0 Å². The molecule has 1 aromatic carbocycles. The van der Waals surface area contributed by atoms with Crippen molar-refractivity contribution in [3.8, 4) is 5.75 Å². The molecule has 0 aliphatic carbocycles. The molecule has 1 aromatic rings. The summed E-state index contributed by atoms with van der Waals surface area (Å²) in [5, 5.41) is 11.9. The molecule has 0 aliphatic heterocycles. The maximum Gasteiger partial charge on any atom is 0.253 e. The lowest BCUT2D eigenvalue weighted by Gasteiger charge is -2.10. The minimum Gasteiger partial charge on any atom is -0.508 e. The molecule has 4 N–H and O–H groups in total. The van der Waals surface area contributed by atoms with Crippen LogP contribution in [-0.2, 0) is 0 Å². The molecular weight excluding hydrogens is 192 g/mol. The van der Waals surface area contributed by atoms with E-state index in [1.54, 1.807) is 13.0 Å². The van der Waals surface area contributed by atoms with Crippen LogP contribution in [0.15, 0.2) is 30.9 Å². The standard InChI is InChI=1S/C11H14N2O2/c1-3-7(2)13-11(15)9-6-8(14)4-5-10(9)12/h3-7,14H,1,12H2,2H3,(H,13,15). The number of carbonyl (C=O) groups is 1. The van der Waals surface area contributed by atoms with E-state index in [1.165, 1.54) is 18.2 Å². The zero-order chi connectivity index (χ0) is 11.4. The third kappa shape index (κ3) is 2.74. The molecule has 15 heavy (non-hydrogen) atoms. The number of aromatic hydroxyl groups is 1. The predicted molar refractivity (Wildman–Crippen MR) is 59.6 cm³/mol. The number of rotatable bonds is 3. The summed E-state index contributed by atoms with van der Waals surface area (Å²) in [6, 6.07) is 4.12. The van der Waals surface area contributed by atoms with E-state index >= 15 is 0 Å². The van der Waals surface area contributed by atoms with Crippen LogP contribution in [0.25, 0.3) is 0 Å². The minimum absolute atomic E-state index is 0.0145. The normalized spacial score (nSPS) is 11.8. The molecule has 1 amide bonds. The Hall–Kier alpha value is -1.97. The van der Waals surface area contributed by atoms with Crippen LogP contribution in [-0.4, -0.2) is 17.1 Å². The highest BCUT2D eigenvalue weighted by atomic mass is 16.3. The maximum atomic E-state index is 11.6. The van der Waals surface area contributed by atoms with E-state index in [0.29, 0.717) is 5.69 Å². The zero-order valence-electron chi connectivity index (χ0n) is 8.53. The first kappa shape index (κ1) is 11.1. The van der Waals surface area contributed by atoms with Crippen LogP contribution in [0.1, 0.15) is 17.3 Å². The molecule has 0 aromatic heterocycles. The third-order valence-electron chi connectivity index (χ3n) is 1.99. The Morgan fingerprint density at radius 3 is 2.93 bits per heavy atom. The van der Waals surface area contributed by atoms with Gasteiger partial charge in [-0.1, -0.05) is 6.08 Å². The fourth-order valence-electron chi connectivity index (χ4n) is 1.08. The van der Waals surface area contributed by atoms with Gasteiger partial charge in [-0.3, -0.25) is 4.79 Å². The molecule has 1 rings (SSSR count). The van der Waals surface area contributed by atoms with Gasteiger partial charge in [0.15, 0.2) is 0 Å². The maximum absolute atomic E-state index is 11.6. The second-order valence-corrected chi connectivity index (χ2v) is 3.27. The SMILES string of the molecule is C=CC(C)NC(=O)c1cc(O)ccc1N. The van der Waals surface area contributed by atoms with E-state index in [9.17, 15) is 9.90 Å². The van der Waals surface area contributed by atoms with Gasteiger partial charge in [0.2, 0.25) is 0 Å². The van der Waals surface area contributed by atoms with Gasteiger partial charge >= 0.3 is 0 Å². The van der Waals surface area contributed by atoms with Gasteiger partial charge in [0.1, 0.15) is 5.75 Å². The Bertz CT molecular complexity index is 388. The van der Waals surface area contributed by atoms with Crippen molar-refractivity contribution in [3.05, 3.63) is 36.4 Å². The van der Waals surface area contributed by atoms with Gasteiger partial charge in [0, 0.05) is 11.7 Å².